The molecule has 6 heteroatoms. The molecule has 1 rings (SSSR count). The Morgan fingerprint density at radius 2 is 2.15 bits per heavy atom. The lowest BCUT2D eigenvalue weighted by molar-refractivity contribution is -0.384. The number of nitro groups is 1. The van der Waals surface area contributed by atoms with E-state index in [1.165, 1.54) is 0 Å². The van der Waals surface area contributed by atoms with E-state index in [0.29, 0.717) is 0 Å². The highest BCUT2D eigenvalue weighted by Gasteiger charge is 2.14. The lowest BCUT2D eigenvalue weighted by Gasteiger charge is -1.97. The summed E-state index contributed by atoms with van der Waals surface area (Å²) in [4.78, 5) is 20.2. The molecule has 0 unspecified atom stereocenters. The minimum Gasteiger partial charge on any atom is -0.507 e. The van der Waals surface area contributed by atoms with Gasteiger partial charge in [-0.2, -0.15) is 0 Å². The Morgan fingerprint density at radius 1 is 1.54 bits per heavy atom. The van der Waals surface area contributed by atoms with Crippen LogP contribution in [0.3, 0.4) is 0 Å². The minimum atomic E-state index is -0.929. The van der Waals surface area contributed by atoms with Crippen molar-refractivity contribution in [2.45, 2.75) is 0 Å². The van der Waals surface area contributed by atoms with Crippen LogP contribution in [0.15, 0.2) is 18.2 Å². The van der Waals surface area contributed by atoms with Crippen LogP contribution in [0.1, 0.15) is 10.4 Å². The second-order valence-electron chi connectivity index (χ2n) is 2.23. The largest absolute Gasteiger partial charge is 0.507 e. The predicted molar refractivity (Wildman–Crippen MR) is 44.9 cm³/mol. The van der Waals surface area contributed by atoms with Gasteiger partial charge >= 0.3 is 0 Å². The topological polar surface area (TPSA) is 80.4 Å². The highest BCUT2D eigenvalue weighted by atomic mass is 35.5. The van der Waals surface area contributed by atoms with Crippen LogP contribution in [0.4, 0.5) is 5.69 Å². The third-order valence-corrected chi connectivity index (χ3v) is 1.61. The Labute approximate surface area is 77.7 Å². The number of halogens is 1. The van der Waals surface area contributed by atoms with Gasteiger partial charge in [0, 0.05) is 12.1 Å². The van der Waals surface area contributed by atoms with E-state index in [-0.39, 0.29) is 17.0 Å². The van der Waals surface area contributed by atoms with Crippen LogP contribution >= 0.6 is 11.6 Å². The van der Waals surface area contributed by atoms with Crippen molar-refractivity contribution >= 4 is 22.5 Å². The Balaban J connectivity index is 3.27. The Kier molecular flexibility index (Phi) is 2.48. The van der Waals surface area contributed by atoms with Gasteiger partial charge in [0.05, 0.1) is 10.5 Å². The highest BCUT2D eigenvalue weighted by Crippen LogP contribution is 2.23. The van der Waals surface area contributed by atoms with Crippen molar-refractivity contribution in [1.29, 1.82) is 0 Å². The van der Waals surface area contributed by atoms with Gasteiger partial charge in [0.15, 0.2) is 0 Å². The molecule has 1 N–H and O–H groups in total. The molecule has 13 heavy (non-hydrogen) atoms. The summed E-state index contributed by atoms with van der Waals surface area (Å²) in [6, 6.07) is 3.05. The number of aromatic hydroxyl groups is 1. The molecule has 1 aromatic rings. The van der Waals surface area contributed by atoms with E-state index in [1.807, 2.05) is 0 Å². The molecule has 0 aliphatic rings. The van der Waals surface area contributed by atoms with Crippen LogP contribution in [0.2, 0.25) is 0 Å². The van der Waals surface area contributed by atoms with Crippen molar-refractivity contribution in [1.82, 2.24) is 0 Å². The second-order valence-corrected chi connectivity index (χ2v) is 2.58. The van der Waals surface area contributed by atoms with E-state index in [1.54, 1.807) is 0 Å². The molecule has 0 radical (unpaired) electrons. The molecule has 0 aliphatic carbocycles. The number of hydrogen-bond donors (Lipinski definition) is 1. The molecule has 68 valence electrons. The number of phenols is 1. The molecular weight excluding hydrogens is 198 g/mol. The number of nitrogens with zero attached hydrogens (tertiary/aromatic N) is 1. The number of rotatable bonds is 2. The van der Waals surface area contributed by atoms with Gasteiger partial charge in [-0.05, 0) is 17.7 Å². The second kappa shape index (κ2) is 3.40. The van der Waals surface area contributed by atoms with Crippen LogP contribution in [-0.4, -0.2) is 15.3 Å². The van der Waals surface area contributed by atoms with E-state index >= 15 is 0 Å². The van der Waals surface area contributed by atoms with E-state index in [9.17, 15) is 14.9 Å². The van der Waals surface area contributed by atoms with Gasteiger partial charge in [0.2, 0.25) is 0 Å². The Bertz CT molecular complexity index is 377. The summed E-state index contributed by atoms with van der Waals surface area (Å²) in [6.07, 6.45) is 0. The van der Waals surface area contributed by atoms with Crippen molar-refractivity contribution in [3.8, 4) is 5.75 Å². The first-order valence-corrected chi connectivity index (χ1v) is 3.57. The van der Waals surface area contributed by atoms with Gasteiger partial charge in [-0.1, -0.05) is 0 Å². The number of phenolic OH excluding ortho intramolecular Hbond substituents is 1. The molecular formula is C7H4ClNO4. The predicted octanol–water partition coefficient (Wildman–Crippen LogP) is 1.68. The third-order valence-electron chi connectivity index (χ3n) is 1.40. The van der Waals surface area contributed by atoms with Crippen molar-refractivity contribution in [2.24, 2.45) is 0 Å². The average Bonchev–Trinajstić information content (AvgIpc) is 2.04. The van der Waals surface area contributed by atoms with E-state index in [2.05, 4.69) is 0 Å². The fourth-order valence-corrected chi connectivity index (χ4v) is 0.946. The van der Waals surface area contributed by atoms with Crippen LogP contribution < -0.4 is 0 Å². The number of nitro benzene ring substituents is 1. The first kappa shape index (κ1) is 9.47. The summed E-state index contributed by atoms with van der Waals surface area (Å²) < 4.78 is 0. The summed E-state index contributed by atoms with van der Waals surface area (Å²) in [7, 11) is 0. The van der Waals surface area contributed by atoms with Gasteiger partial charge in [0.25, 0.3) is 10.9 Å². The van der Waals surface area contributed by atoms with Crippen LogP contribution in [0.5, 0.6) is 5.75 Å². The maximum absolute atomic E-state index is 10.6. The smallest absolute Gasteiger partial charge is 0.270 e. The molecule has 0 bridgehead atoms. The standard InChI is InChI=1S/C7H4ClNO4/c8-7(11)5-3-4(9(12)13)1-2-6(5)10/h1-3,10H. The van der Waals surface area contributed by atoms with Crippen LogP contribution in [-0.2, 0) is 0 Å². The first-order chi connectivity index (χ1) is 6.02. The fraction of sp³-hybridized carbons (Fsp3) is 0. The average molecular weight is 202 g/mol. The number of carbonyl (C=O) groups excluding carboxylic acids is 1. The maximum Gasteiger partial charge on any atom is 0.270 e. The molecule has 5 nitrogen and oxygen atoms in total. The van der Waals surface area contributed by atoms with Crippen molar-refractivity contribution < 1.29 is 14.8 Å². The van der Waals surface area contributed by atoms with E-state index in [0.717, 1.165) is 18.2 Å². The van der Waals surface area contributed by atoms with Gasteiger partial charge in [-0.3, -0.25) is 14.9 Å². The minimum absolute atomic E-state index is 0.268. The fourth-order valence-electron chi connectivity index (χ4n) is 0.795. The van der Waals surface area contributed by atoms with E-state index in [4.69, 9.17) is 16.7 Å². The van der Waals surface area contributed by atoms with Gasteiger partial charge < -0.3 is 5.11 Å². The molecule has 0 aliphatic heterocycles. The lowest BCUT2D eigenvalue weighted by Crippen LogP contribution is -1.93. The zero-order valence-electron chi connectivity index (χ0n) is 6.23. The summed E-state index contributed by atoms with van der Waals surface area (Å²) >= 11 is 5.06. The quantitative estimate of drug-likeness (QED) is 0.448. The van der Waals surface area contributed by atoms with Crippen molar-refractivity contribution in [3.63, 3.8) is 0 Å². The van der Waals surface area contributed by atoms with Crippen molar-refractivity contribution in [3.05, 3.63) is 33.9 Å². The maximum atomic E-state index is 10.6. The summed E-state index contributed by atoms with van der Waals surface area (Å²) in [5.41, 5.74) is -0.558. The van der Waals surface area contributed by atoms with Gasteiger partial charge in [0.1, 0.15) is 5.75 Å². The molecule has 0 amide bonds. The monoisotopic (exact) mass is 201 g/mol. The third kappa shape index (κ3) is 1.94. The molecule has 0 saturated carbocycles. The number of carbonyl (C=O) groups is 1. The summed E-state index contributed by atoms with van der Waals surface area (Å²) in [5.74, 6) is -0.370. The van der Waals surface area contributed by atoms with Crippen molar-refractivity contribution in [2.75, 3.05) is 0 Å². The van der Waals surface area contributed by atoms with Gasteiger partial charge in [-0.25, -0.2) is 0 Å². The number of benzene rings is 1. The molecule has 0 saturated heterocycles. The SMILES string of the molecule is O=C(Cl)c1cc([N+](=O)[O-])ccc1O. The molecule has 0 heterocycles. The normalized spacial score (nSPS) is 9.62. The first-order valence-electron chi connectivity index (χ1n) is 3.19. The van der Waals surface area contributed by atoms with E-state index < -0.39 is 10.2 Å². The lowest BCUT2D eigenvalue weighted by atomic mass is 10.2. The van der Waals surface area contributed by atoms with Crippen LogP contribution in [0.25, 0.3) is 0 Å². The Morgan fingerprint density at radius 3 is 2.62 bits per heavy atom. The van der Waals surface area contributed by atoms with Crippen LogP contribution in [0, 0.1) is 10.1 Å². The van der Waals surface area contributed by atoms with Gasteiger partial charge in [-0.15, -0.1) is 0 Å². The number of hydrogen-bond acceptors (Lipinski definition) is 4. The summed E-state index contributed by atoms with van der Waals surface area (Å²) in [6.45, 7) is 0. The molecule has 0 fully saturated rings. The molecule has 0 atom stereocenters. The Hall–Kier alpha value is -1.62. The molecule has 0 aromatic heterocycles. The number of non-ortho nitro benzene ring substituents is 1. The zero-order chi connectivity index (χ0) is 10.0. The zero-order valence-corrected chi connectivity index (χ0v) is 6.99. The highest BCUT2D eigenvalue weighted by molar-refractivity contribution is 6.68. The molecule has 1 aromatic carbocycles. The summed E-state index contributed by atoms with van der Waals surface area (Å²) in [5, 5.41) is 18.4. The molecule has 0 spiro atoms.